The van der Waals surface area contributed by atoms with Crippen molar-refractivity contribution in [1.82, 2.24) is 19.6 Å². The summed E-state index contributed by atoms with van der Waals surface area (Å²) >= 11 is 0. The van der Waals surface area contributed by atoms with E-state index in [0.717, 1.165) is 59.7 Å². The minimum absolute atomic E-state index is 0.124. The number of nitrogens with zero attached hydrogens (tertiary/aromatic N) is 6. The summed E-state index contributed by atoms with van der Waals surface area (Å²) in [6.07, 6.45) is 16.2. The van der Waals surface area contributed by atoms with Crippen LogP contribution in [0.5, 0.6) is 11.5 Å². The molecule has 1 aliphatic rings. The van der Waals surface area contributed by atoms with E-state index < -0.39 is 5.60 Å². The van der Waals surface area contributed by atoms with Gasteiger partial charge in [0.05, 0.1) is 29.7 Å². The molecule has 0 atom stereocenters. The van der Waals surface area contributed by atoms with Crippen molar-refractivity contribution in [1.29, 1.82) is 0 Å². The number of aliphatic hydroxyl groups is 1. The molecule has 200 valence electrons. The number of pyridine rings is 3. The van der Waals surface area contributed by atoms with Gasteiger partial charge in [-0.3, -0.25) is 4.99 Å². The van der Waals surface area contributed by atoms with E-state index in [1.807, 2.05) is 30.6 Å². The number of terminal acetylenes is 1. The molecule has 4 aromatic rings. The van der Waals surface area contributed by atoms with Gasteiger partial charge in [-0.05, 0) is 44.2 Å². The van der Waals surface area contributed by atoms with Gasteiger partial charge in [-0.1, -0.05) is 5.92 Å². The van der Waals surface area contributed by atoms with Crippen molar-refractivity contribution in [2.45, 2.75) is 38.4 Å². The van der Waals surface area contributed by atoms with Crippen molar-refractivity contribution in [3.63, 3.8) is 0 Å². The first-order valence-corrected chi connectivity index (χ1v) is 12.9. The monoisotopic (exact) mass is 524 g/mol. The van der Waals surface area contributed by atoms with Gasteiger partial charge < -0.3 is 19.5 Å². The first-order valence-electron chi connectivity index (χ1n) is 12.9. The third-order valence-corrected chi connectivity index (χ3v) is 6.49. The highest BCUT2D eigenvalue weighted by Gasteiger charge is 2.22. The first-order chi connectivity index (χ1) is 18.8. The van der Waals surface area contributed by atoms with Gasteiger partial charge in [0.1, 0.15) is 35.7 Å². The Morgan fingerprint density at radius 2 is 1.95 bits per heavy atom. The van der Waals surface area contributed by atoms with E-state index in [4.69, 9.17) is 20.9 Å². The summed E-state index contributed by atoms with van der Waals surface area (Å²) in [6.45, 7) is 5.27. The van der Waals surface area contributed by atoms with Crippen molar-refractivity contribution in [2.75, 3.05) is 31.6 Å². The van der Waals surface area contributed by atoms with Crippen LogP contribution < -0.4 is 14.4 Å². The minimum atomic E-state index is -0.954. The molecule has 0 amide bonds. The summed E-state index contributed by atoms with van der Waals surface area (Å²) in [5.41, 5.74) is 3.31. The summed E-state index contributed by atoms with van der Waals surface area (Å²) in [7, 11) is 1.74. The van der Waals surface area contributed by atoms with Crippen LogP contribution in [0.15, 0.2) is 60.1 Å². The Morgan fingerprint density at radius 1 is 1.13 bits per heavy atom. The SMILES string of the molecule is C#Cc1ccc(OC2CCN(c3ccc(-c4cc(OCC(C)(C)O)cn5ncc(C=NC)c45)cn3)CC2)cn1. The molecule has 0 aromatic carbocycles. The van der Waals surface area contributed by atoms with E-state index in [1.165, 1.54) is 0 Å². The Labute approximate surface area is 228 Å². The summed E-state index contributed by atoms with van der Waals surface area (Å²) in [6, 6.07) is 9.73. The van der Waals surface area contributed by atoms with E-state index in [2.05, 4.69) is 32.0 Å². The second-order valence-electron chi connectivity index (χ2n) is 10.2. The molecule has 0 radical (unpaired) electrons. The number of fused-ring (bicyclic) bond motifs is 1. The van der Waals surface area contributed by atoms with Crippen LogP contribution in [0.3, 0.4) is 0 Å². The Morgan fingerprint density at radius 3 is 2.59 bits per heavy atom. The number of aliphatic imine (C=N–C) groups is 1. The minimum Gasteiger partial charge on any atom is -0.489 e. The third-order valence-electron chi connectivity index (χ3n) is 6.49. The van der Waals surface area contributed by atoms with Crippen LogP contribution >= 0.6 is 0 Å². The summed E-state index contributed by atoms with van der Waals surface area (Å²) in [5.74, 6) is 4.79. The summed E-state index contributed by atoms with van der Waals surface area (Å²) in [4.78, 5) is 15.5. The van der Waals surface area contributed by atoms with E-state index >= 15 is 0 Å². The fourth-order valence-corrected chi connectivity index (χ4v) is 4.58. The molecule has 9 nitrogen and oxygen atoms in total. The lowest BCUT2D eigenvalue weighted by Crippen LogP contribution is -2.38. The molecule has 0 saturated carbocycles. The molecule has 1 aliphatic heterocycles. The highest BCUT2D eigenvalue weighted by molar-refractivity contribution is 5.96. The van der Waals surface area contributed by atoms with Crippen LogP contribution in [0.2, 0.25) is 0 Å². The van der Waals surface area contributed by atoms with Crippen LogP contribution in [0, 0.1) is 12.3 Å². The van der Waals surface area contributed by atoms with E-state index in [-0.39, 0.29) is 12.7 Å². The molecule has 0 unspecified atom stereocenters. The molecule has 5 rings (SSSR count). The second-order valence-corrected chi connectivity index (χ2v) is 10.2. The maximum Gasteiger partial charge on any atom is 0.138 e. The van der Waals surface area contributed by atoms with E-state index in [0.29, 0.717) is 11.4 Å². The first kappa shape index (κ1) is 26.2. The zero-order valence-electron chi connectivity index (χ0n) is 22.4. The molecular weight excluding hydrogens is 492 g/mol. The second kappa shape index (κ2) is 11.1. The lowest BCUT2D eigenvalue weighted by molar-refractivity contribution is 0.0283. The Balaban J connectivity index is 1.32. The van der Waals surface area contributed by atoms with Crippen LogP contribution in [0.4, 0.5) is 5.82 Å². The molecule has 1 saturated heterocycles. The van der Waals surface area contributed by atoms with E-state index in [9.17, 15) is 5.11 Å². The van der Waals surface area contributed by atoms with Crippen LogP contribution in [0.25, 0.3) is 16.6 Å². The Bertz CT molecular complexity index is 1490. The number of ether oxygens (including phenoxy) is 2. The van der Waals surface area contributed by atoms with Gasteiger partial charge in [-0.25, -0.2) is 14.5 Å². The Kier molecular flexibility index (Phi) is 7.48. The summed E-state index contributed by atoms with van der Waals surface area (Å²) in [5, 5.41) is 14.6. The number of piperidine rings is 1. The highest BCUT2D eigenvalue weighted by Crippen LogP contribution is 2.32. The van der Waals surface area contributed by atoms with Crippen molar-refractivity contribution in [3.8, 4) is 35.0 Å². The van der Waals surface area contributed by atoms with Crippen LogP contribution in [-0.4, -0.2) is 69.4 Å². The fourth-order valence-electron chi connectivity index (χ4n) is 4.58. The molecule has 39 heavy (non-hydrogen) atoms. The lowest BCUT2D eigenvalue weighted by Gasteiger charge is -2.33. The van der Waals surface area contributed by atoms with Gasteiger partial charge in [0.15, 0.2) is 0 Å². The third kappa shape index (κ3) is 6.19. The Hall–Kier alpha value is -4.42. The fraction of sp³-hybridized carbons (Fsp3) is 0.333. The van der Waals surface area contributed by atoms with Gasteiger partial charge in [0.25, 0.3) is 0 Å². The zero-order valence-corrected chi connectivity index (χ0v) is 22.4. The normalized spacial score (nSPS) is 14.6. The van der Waals surface area contributed by atoms with Crippen LogP contribution in [-0.2, 0) is 0 Å². The quantitative estimate of drug-likeness (QED) is 0.275. The van der Waals surface area contributed by atoms with Crippen molar-refractivity contribution in [3.05, 3.63) is 66.4 Å². The molecule has 5 heterocycles. The number of rotatable bonds is 8. The average Bonchev–Trinajstić information content (AvgIpc) is 3.35. The molecule has 1 fully saturated rings. The maximum absolute atomic E-state index is 10.1. The number of aromatic nitrogens is 4. The molecular formula is C30H32N6O3. The number of hydrogen-bond donors (Lipinski definition) is 1. The van der Waals surface area contributed by atoms with Gasteiger partial charge in [-0.2, -0.15) is 5.10 Å². The number of hydrogen-bond acceptors (Lipinski definition) is 8. The number of anilines is 1. The highest BCUT2D eigenvalue weighted by atomic mass is 16.5. The predicted molar refractivity (Wildman–Crippen MR) is 152 cm³/mol. The van der Waals surface area contributed by atoms with Gasteiger partial charge >= 0.3 is 0 Å². The lowest BCUT2D eigenvalue weighted by atomic mass is 10.0. The topological polar surface area (TPSA) is 97.4 Å². The van der Waals surface area contributed by atoms with Gasteiger partial charge in [0.2, 0.25) is 0 Å². The van der Waals surface area contributed by atoms with Crippen LogP contribution in [0.1, 0.15) is 37.9 Å². The molecule has 0 aliphatic carbocycles. The molecule has 4 aromatic heterocycles. The smallest absolute Gasteiger partial charge is 0.138 e. The van der Waals surface area contributed by atoms with Gasteiger partial charge in [0, 0.05) is 62.1 Å². The molecule has 1 N–H and O–H groups in total. The standard InChI is InChI=1S/C30H32N6O3/c1-5-23-7-8-25(18-32-23)39-24-10-12-35(13-11-24)28-9-6-21(16-33-28)27-14-26(38-20-30(2,3)37)19-36-29(27)22(15-31-4)17-34-36/h1,6-9,14-19,24,37H,10-13,20H2,2-4H3. The van der Waals surface area contributed by atoms with Crippen molar-refractivity contribution >= 4 is 17.5 Å². The zero-order chi connectivity index (χ0) is 27.4. The molecule has 0 spiro atoms. The molecule has 9 heteroatoms. The average molecular weight is 525 g/mol. The van der Waals surface area contributed by atoms with Crippen molar-refractivity contribution in [2.24, 2.45) is 4.99 Å². The predicted octanol–water partition coefficient (Wildman–Crippen LogP) is 4.02. The largest absolute Gasteiger partial charge is 0.489 e. The summed E-state index contributed by atoms with van der Waals surface area (Å²) < 4.78 is 13.8. The van der Waals surface area contributed by atoms with E-state index in [1.54, 1.807) is 50.1 Å². The maximum atomic E-state index is 10.1. The molecule has 0 bridgehead atoms. The van der Waals surface area contributed by atoms with Gasteiger partial charge in [-0.15, -0.1) is 6.42 Å². The van der Waals surface area contributed by atoms with Crippen molar-refractivity contribution < 1.29 is 14.6 Å².